The number of benzene rings is 4. The van der Waals surface area contributed by atoms with Crippen molar-refractivity contribution in [3.8, 4) is 11.5 Å². The zero-order valence-corrected chi connectivity index (χ0v) is 21.5. The number of ether oxygens (including phenoxy) is 2. The van der Waals surface area contributed by atoms with Crippen LogP contribution in [0.15, 0.2) is 120 Å². The van der Waals surface area contributed by atoms with Gasteiger partial charge < -0.3 is 9.47 Å². The number of halogens is 1. The molecule has 0 fully saturated rings. The third-order valence-corrected chi connectivity index (χ3v) is 6.27. The molecule has 5 nitrogen and oxygen atoms in total. The first-order valence-electron chi connectivity index (χ1n) is 12.5. The molecule has 0 atom stereocenters. The maximum atomic E-state index is 13.7. The SMILES string of the molecule is C=CCc1cc(/C=C2\C(=O)N(c3ccccc3)N=C2c2ccccc2)cc(OC)c1OCc1ccc(F)cc1. The third kappa shape index (κ3) is 5.65. The van der Waals surface area contributed by atoms with Crippen LogP contribution in [0.5, 0.6) is 11.5 Å². The van der Waals surface area contributed by atoms with E-state index in [-0.39, 0.29) is 18.3 Å². The second-order valence-corrected chi connectivity index (χ2v) is 8.94. The molecule has 6 heteroatoms. The van der Waals surface area contributed by atoms with Gasteiger partial charge in [-0.25, -0.2) is 4.39 Å². The van der Waals surface area contributed by atoms with Gasteiger partial charge in [0.2, 0.25) is 0 Å². The minimum absolute atomic E-state index is 0.221. The zero-order chi connectivity index (χ0) is 27.2. The van der Waals surface area contributed by atoms with Crippen LogP contribution < -0.4 is 14.5 Å². The average molecular weight is 519 g/mol. The van der Waals surface area contributed by atoms with Crippen molar-refractivity contribution in [1.29, 1.82) is 0 Å². The second kappa shape index (κ2) is 11.6. The number of hydrazone groups is 1. The Hall–Kier alpha value is -4.97. The summed E-state index contributed by atoms with van der Waals surface area (Å²) in [6.07, 6.45) is 4.14. The predicted octanol–water partition coefficient (Wildman–Crippen LogP) is 6.98. The lowest BCUT2D eigenvalue weighted by Gasteiger charge is -2.16. The van der Waals surface area contributed by atoms with Gasteiger partial charge in [0.05, 0.1) is 18.4 Å². The maximum Gasteiger partial charge on any atom is 0.281 e. The summed E-state index contributed by atoms with van der Waals surface area (Å²) in [6.45, 7) is 4.13. The van der Waals surface area contributed by atoms with E-state index in [9.17, 15) is 9.18 Å². The fourth-order valence-corrected chi connectivity index (χ4v) is 4.39. The van der Waals surface area contributed by atoms with Crippen LogP contribution in [0.25, 0.3) is 6.08 Å². The van der Waals surface area contributed by atoms with E-state index < -0.39 is 0 Å². The molecule has 4 aromatic carbocycles. The van der Waals surface area contributed by atoms with E-state index in [2.05, 4.69) is 6.58 Å². The lowest BCUT2D eigenvalue weighted by Crippen LogP contribution is -2.21. The molecule has 0 unspecified atom stereocenters. The molecule has 39 heavy (non-hydrogen) atoms. The van der Waals surface area contributed by atoms with Crippen molar-refractivity contribution >= 4 is 23.4 Å². The number of hydrogen-bond acceptors (Lipinski definition) is 4. The number of amides is 1. The molecule has 0 aliphatic carbocycles. The lowest BCUT2D eigenvalue weighted by molar-refractivity contribution is -0.114. The van der Waals surface area contributed by atoms with Crippen LogP contribution in [0, 0.1) is 5.82 Å². The number of carbonyl (C=O) groups is 1. The second-order valence-electron chi connectivity index (χ2n) is 8.94. The molecule has 0 saturated carbocycles. The van der Waals surface area contributed by atoms with Crippen molar-refractivity contribution < 1.29 is 18.7 Å². The van der Waals surface area contributed by atoms with E-state index in [1.807, 2.05) is 78.9 Å². The highest BCUT2D eigenvalue weighted by atomic mass is 19.1. The minimum atomic E-state index is -0.299. The Morgan fingerprint density at radius 3 is 2.31 bits per heavy atom. The molecule has 0 saturated heterocycles. The van der Waals surface area contributed by atoms with Crippen LogP contribution in [0.2, 0.25) is 0 Å². The van der Waals surface area contributed by atoms with E-state index in [1.165, 1.54) is 17.1 Å². The van der Waals surface area contributed by atoms with Crippen LogP contribution in [0.3, 0.4) is 0 Å². The molecule has 0 radical (unpaired) electrons. The molecule has 1 heterocycles. The Labute approximate surface area is 227 Å². The summed E-state index contributed by atoms with van der Waals surface area (Å²) in [4.78, 5) is 13.7. The molecule has 1 aliphatic heterocycles. The fourth-order valence-electron chi connectivity index (χ4n) is 4.39. The van der Waals surface area contributed by atoms with Gasteiger partial charge in [-0.1, -0.05) is 66.7 Å². The summed E-state index contributed by atoms with van der Waals surface area (Å²) in [6, 6.07) is 28.9. The van der Waals surface area contributed by atoms with Gasteiger partial charge in [-0.2, -0.15) is 10.1 Å². The molecule has 0 spiro atoms. The Balaban J connectivity index is 1.54. The van der Waals surface area contributed by atoms with Gasteiger partial charge in [0, 0.05) is 11.1 Å². The van der Waals surface area contributed by atoms with Gasteiger partial charge in [-0.05, 0) is 60.0 Å². The number of anilines is 1. The molecule has 4 aromatic rings. The summed E-state index contributed by atoms with van der Waals surface area (Å²) in [5.74, 6) is 0.573. The Kier molecular flexibility index (Phi) is 7.64. The summed E-state index contributed by atoms with van der Waals surface area (Å²) in [5, 5.41) is 6.14. The van der Waals surface area contributed by atoms with Crippen molar-refractivity contribution in [2.24, 2.45) is 5.10 Å². The first kappa shape index (κ1) is 25.7. The number of methoxy groups -OCH3 is 1. The van der Waals surface area contributed by atoms with E-state index in [4.69, 9.17) is 14.6 Å². The van der Waals surface area contributed by atoms with Crippen LogP contribution in [0.4, 0.5) is 10.1 Å². The van der Waals surface area contributed by atoms with Crippen LogP contribution in [0.1, 0.15) is 22.3 Å². The van der Waals surface area contributed by atoms with Gasteiger partial charge >= 0.3 is 0 Å². The molecular formula is C33H27FN2O3. The topological polar surface area (TPSA) is 51.1 Å². The Morgan fingerprint density at radius 2 is 1.64 bits per heavy atom. The van der Waals surface area contributed by atoms with Gasteiger partial charge in [0.25, 0.3) is 5.91 Å². The van der Waals surface area contributed by atoms with Crippen LogP contribution in [-0.4, -0.2) is 18.7 Å². The highest BCUT2D eigenvalue weighted by molar-refractivity contribution is 6.37. The van der Waals surface area contributed by atoms with Crippen LogP contribution >= 0.6 is 0 Å². The summed E-state index contributed by atoms with van der Waals surface area (Å²) >= 11 is 0. The highest BCUT2D eigenvalue weighted by Crippen LogP contribution is 2.36. The van der Waals surface area contributed by atoms with Crippen molar-refractivity contribution in [2.45, 2.75) is 13.0 Å². The summed E-state index contributed by atoms with van der Waals surface area (Å²) < 4.78 is 25.1. The molecule has 1 amide bonds. The van der Waals surface area contributed by atoms with Gasteiger partial charge in [-0.3, -0.25) is 4.79 Å². The quantitative estimate of drug-likeness (QED) is 0.178. The fraction of sp³-hybridized carbons (Fsp3) is 0.0909. The number of para-hydroxylation sites is 1. The smallest absolute Gasteiger partial charge is 0.281 e. The Bertz CT molecular complexity index is 1550. The zero-order valence-electron chi connectivity index (χ0n) is 21.5. The number of allylic oxidation sites excluding steroid dienone is 1. The molecule has 0 bridgehead atoms. The minimum Gasteiger partial charge on any atom is -0.493 e. The van der Waals surface area contributed by atoms with E-state index in [0.717, 1.165) is 22.3 Å². The first-order chi connectivity index (χ1) is 19.1. The molecular weight excluding hydrogens is 491 g/mol. The average Bonchev–Trinajstić information content (AvgIpc) is 3.29. The van der Waals surface area contributed by atoms with Crippen LogP contribution in [-0.2, 0) is 17.8 Å². The van der Waals surface area contributed by atoms with Crippen molar-refractivity contribution in [3.05, 3.63) is 143 Å². The maximum absolute atomic E-state index is 13.7. The largest absolute Gasteiger partial charge is 0.493 e. The van der Waals surface area contributed by atoms with Gasteiger partial charge in [0.1, 0.15) is 18.1 Å². The number of hydrogen-bond donors (Lipinski definition) is 0. The Morgan fingerprint density at radius 1 is 0.949 bits per heavy atom. The molecule has 0 N–H and O–H groups in total. The number of carbonyl (C=O) groups excluding carboxylic acids is 1. The molecule has 194 valence electrons. The van der Waals surface area contributed by atoms with Crippen molar-refractivity contribution in [2.75, 3.05) is 12.1 Å². The van der Waals surface area contributed by atoms with Crippen molar-refractivity contribution in [3.63, 3.8) is 0 Å². The first-order valence-corrected chi connectivity index (χ1v) is 12.5. The van der Waals surface area contributed by atoms with E-state index in [0.29, 0.717) is 34.9 Å². The van der Waals surface area contributed by atoms with Gasteiger partial charge in [-0.15, -0.1) is 6.58 Å². The number of nitrogens with zero attached hydrogens (tertiary/aromatic N) is 2. The third-order valence-electron chi connectivity index (χ3n) is 6.27. The normalized spacial score (nSPS) is 13.9. The summed E-state index contributed by atoms with van der Waals surface area (Å²) in [7, 11) is 1.57. The van der Waals surface area contributed by atoms with Crippen molar-refractivity contribution in [1.82, 2.24) is 0 Å². The summed E-state index contributed by atoms with van der Waals surface area (Å²) in [5.41, 5.74) is 5.03. The highest BCUT2D eigenvalue weighted by Gasteiger charge is 2.32. The predicted molar refractivity (Wildman–Crippen MR) is 153 cm³/mol. The van der Waals surface area contributed by atoms with E-state index in [1.54, 1.807) is 25.3 Å². The molecule has 5 rings (SSSR count). The molecule has 1 aliphatic rings. The molecule has 0 aromatic heterocycles. The standard InChI is InChI=1S/C33H27FN2O3/c1-3-10-26-19-24(21-30(38-2)32(26)39-22-23-15-17-27(34)18-16-23)20-29-31(25-11-6-4-7-12-25)35-36(33(29)37)28-13-8-5-9-14-28/h3-9,11-21H,1,10,22H2,2H3/b29-20-. The lowest BCUT2D eigenvalue weighted by atomic mass is 9.98. The number of rotatable bonds is 9. The van der Waals surface area contributed by atoms with Gasteiger partial charge in [0.15, 0.2) is 11.5 Å². The monoisotopic (exact) mass is 518 g/mol. The van der Waals surface area contributed by atoms with E-state index >= 15 is 0 Å².